The van der Waals surface area contributed by atoms with Crippen molar-refractivity contribution in [2.75, 3.05) is 23.3 Å². The fraction of sp³-hybridized carbons (Fsp3) is 0.429. The fourth-order valence-electron chi connectivity index (χ4n) is 2.61. The number of anilines is 2. The lowest BCUT2D eigenvalue weighted by atomic mass is 10.1. The molecule has 4 nitrogen and oxygen atoms in total. The molecule has 0 aliphatic carbocycles. The van der Waals surface area contributed by atoms with E-state index in [0.29, 0.717) is 0 Å². The largest absolute Gasteiger partial charge is 0.369 e. The Hall–Kier alpha value is -1.62. The fourth-order valence-corrected chi connectivity index (χ4v) is 3.54. The first kappa shape index (κ1) is 12.4. The predicted octanol–water partition coefficient (Wildman–Crippen LogP) is 3.25. The van der Waals surface area contributed by atoms with Gasteiger partial charge in [-0.15, -0.1) is 11.3 Å². The molecule has 1 aliphatic rings. The van der Waals surface area contributed by atoms with Crippen molar-refractivity contribution < 1.29 is 4.79 Å². The summed E-state index contributed by atoms with van der Waals surface area (Å²) in [5, 5.41) is 4.97. The summed E-state index contributed by atoms with van der Waals surface area (Å²) in [5.74, 6) is -0.0454. The molecule has 0 radical (unpaired) electrons. The van der Waals surface area contributed by atoms with Crippen LogP contribution in [-0.2, 0) is 4.79 Å². The summed E-state index contributed by atoms with van der Waals surface area (Å²) < 4.78 is 1.17. The Bertz CT molecular complexity index is 602. The van der Waals surface area contributed by atoms with E-state index in [1.807, 2.05) is 6.07 Å². The van der Waals surface area contributed by atoms with Gasteiger partial charge in [-0.1, -0.05) is 0 Å². The van der Waals surface area contributed by atoms with Crippen LogP contribution in [0.25, 0.3) is 10.2 Å². The number of fused-ring (bicyclic) bond motifs is 1. The normalized spacial score (nSPS) is 15.7. The molecule has 0 spiro atoms. The van der Waals surface area contributed by atoms with Gasteiger partial charge in [-0.2, -0.15) is 0 Å². The van der Waals surface area contributed by atoms with Crippen molar-refractivity contribution in [1.29, 1.82) is 0 Å². The molecule has 1 fully saturated rings. The molecular formula is C14H17N3OS. The number of piperidine rings is 1. The minimum atomic E-state index is -0.0454. The highest BCUT2D eigenvalue weighted by Crippen LogP contribution is 2.37. The van der Waals surface area contributed by atoms with E-state index < -0.39 is 0 Å². The Morgan fingerprint density at radius 3 is 2.89 bits per heavy atom. The van der Waals surface area contributed by atoms with Gasteiger partial charge in [0.15, 0.2) is 0 Å². The van der Waals surface area contributed by atoms with Crippen LogP contribution in [0, 0.1) is 0 Å². The van der Waals surface area contributed by atoms with Crippen molar-refractivity contribution in [3.05, 3.63) is 17.6 Å². The Balaban J connectivity index is 2.10. The van der Waals surface area contributed by atoms with E-state index in [0.717, 1.165) is 30.0 Å². The number of hydrogen-bond donors (Lipinski definition) is 1. The van der Waals surface area contributed by atoms with Gasteiger partial charge < -0.3 is 10.2 Å². The van der Waals surface area contributed by atoms with Gasteiger partial charge in [-0.05, 0) is 30.7 Å². The zero-order chi connectivity index (χ0) is 13.2. The van der Waals surface area contributed by atoms with Gasteiger partial charge in [0.1, 0.15) is 0 Å². The average Bonchev–Trinajstić information content (AvgIpc) is 2.87. The SMILES string of the molecule is CC(=O)Nc1cnc2ccsc2c1N1CCCCC1. The number of nitrogens with one attached hydrogen (secondary N) is 1. The molecule has 5 heteroatoms. The number of thiophene rings is 1. The quantitative estimate of drug-likeness (QED) is 0.915. The van der Waals surface area contributed by atoms with E-state index in [4.69, 9.17) is 0 Å². The number of nitrogens with zero attached hydrogens (tertiary/aromatic N) is 2. The van der Waals surface area contributed by atoms with E-state index in [2.05, 4.69) is 20.6 Å². The lowest BCUT2D eigenvalue weighted by molar-refractivity contribution is -0.114. The number of carbonyl (C=O) groups is 1. The number of hydrogen-bond acceptors (Lipinski definition) is 4. The highest BCUT2D eigenvalue weighted by molar-refractivity contribution is 7.17. The molecule has 1 aliphatic heterocycles. The van der Waals surface area contributed by atoms with Gasteiger partial charge in [0.2, 0.25) is 5.91 Å². The zero-order valence-electron chi connectivity index (χ0n) is 11.0. The molecular weight excluding hydrogens is 258 g/mol. The molecule has 100 valence electrons. The van der Waals surface area contributed by atoms with Crippen LogP contribution in [0.4, 0.5) is 11.4 Å². The van der Waals surface area contributed by atoms with E-state index in [-0.39, 0.29) is 5.91 Å². The summed E-state index contributed by atoms with van der Waals surface area (Å²) >= 11 is 1.69. The highest BCUT2D eigenvalue weighted by atomic mass is 32.1. The Morgan fingerprint density at radius 1 is 1.37 bits per heavy atom. The molecule has 0 bridgehead atoms. The molecule has 0 aromatic carbocycles. The van der Waals surface area contributed by atoms with E-state index in [1.165, 1.54) is 24.0 Å². The van der Waals surface area contributed by atoms with Crippen molar-refractivity contribution in [3.63, 3.8) is 0 Å². The Morgan fingerprint density at radius 2 is 2.16 bits per heavy atom. The second kappa shape index (κ2) is 5.17. The molecule has 2 aromatic heterocycles. The standard InChI is InChI=1S/C14H17N3OS/c1-10(18)16-12-9-15-11-5-8-19-14(11)13(12)17-6-3-2-4-7-17/h5,8-9H,2-4,6-7H2,1H3,(H,16,18). The third kappa shape index (κ3) is 2.42. The van der Waals surface area contributed by atoms with Gasteiger partial charge in [0.05, 0.1) is 27.8 Å². The lowest BCUT2D eigenvalue weighted by Crippen LogP contribution is -2.30. The maximum Gasteiger partial charge on any atom is 0.221 e. The zero-order valence-corrected chi connectivity index (χ0v) is 11.8. The Labute approximate surface area is 116 Å². The van der Waals surface area contributed by atoms with E-state index in [9.17, 15) is 4.79 Å². The molecule has 1 N–H and O–H groups in total. The van der Waals surface area contributed by atoms with Gasteiger partial charge in [-0.3, -0.25) is 9.78 Å². The number of rotatable bonds is 2. The summed E-state index contributed by atoms with van der Waals surface area (Å²) in [7, 11) is 0. The topological polar surface area (TPSA) is 45.2 Å². The first-order valence-electron chi connectivity index (χ1n) is 6.64. The molecule has 3 heterocycles. The number of carbonyl (C=O) groups excluding carboxylic acids is 1. The third-order valence-corrected chi connectivity index (χ3v) is 4.34. The van der Waals surface area contributed by atoms with Gasteiger partial charge in [0, 0.05) is 20.0 Å². The molecule has 19 heavy (non-hydrogen) atoms. The third-order valence-electron chi connectivity index (χ3n) is 3.43. The summed E-state index contributed by atoms with van der Waals surface area (Å²) in [5.41, 5.74) is 3.00. The van der Waals surface area contributed by atoms with Crippen molar-refractivity contribution in [2.45, 2.75) is 26.2 Å². The van der Waals surface area contributed by atoms with Crippen LogP contribution < -0.4 is 10.2 Å². The van der Waals surface area contributed by atoms with Crippen LogP contribution in [0.1, 0.15) is 26.2 Å². The van der Waals surface area contributed by atoms with Crippen LogP contribution in [0.3, 0.4) is 0 Å². The average molecular weight is 275 g/mol. The summed E-state index contributed by atoms with van der Waals surface area (Å²) in [4.78, 5) is 18.2. The Kier molecular flexibility index (Phi) is 3.38. The first-order chi connectivity index (χ1) is 9.25. The number of aromatic nitrogens is 1. The van der Waals surface area contributed by atoms with Gasteiger partial charge in [-0.25, -0.2) is 0 Å². The maximum absolute atomic E-state index is 11.4. The van der Waals surface area contributed by atoms with E-state index in [1.54, 1.807) is 24.5 Å². The first-order valence-corrected chi connectivity index (χ1v) is 7.52. The molecule has 2 aromatic rings. The molecule has 0 unspecified atom stereocenters. The van der Waals surface area contributed by atoms with Crippen molar-refractivity contribution in [1.82, 2.24) is 4.98 Å². The molecule has 0 saturated carbocycles. The van der Waals surface area contributed by atoms with Crippen molar-refractivity contribution in [3.8, 4) is 0 Å². The molecule has 0 atom stereocenters. The minimum Gasteiger partial charge on any atom is -0.369 e. The lowest BCUT2D eigenvalue weighted by Gasteiger charge is -2.30. The summed E-state index contributed by atoms with van der Waals surface area (Å²) in [6.07, 6.45) is 5.51. The monoisotopic (exact) mass is 275 g/mol. The highest BCUT2D eigenvalue weighted by Gasteiger charge is 2.19. The van der Waals surface area contributed by atoms with Gasteiger partial charge >= 0.3 is 0 Å². The number of amides is 1. The van der Waals surface area contributed by atoms with Crippen molar-refractivity contribution >= 4 is 38.8 Å². The van der Waals surface area contributed by atoms with Crippen LogP contribution in [0.15, 0.2) is 17.6 Å². The van der Waals surface area contributed by atoms with Crippen LogP contribution in [-0.4, -0.2) is 24.0 Å². The predicted molar refractivity (Wildman–Crippen MR) is 80.0 cm³/mol. The summed E-state index contributed by atoms with van der Waals surface area (Å²) in [6.45, 7) is 3.66. The maximum atomic E-state index is 11.4. The van der Waals surface area contributed by atoms with E-state index >= 15 is 0 Å². The minimum absolute atomic E-state index is 0.0454. The molecule has 1 saturated heterocycles. The van der Waals surface area contributed by atoms with Gasteiger partial charge in [0.25, 0.3) is 0 Å². The molecule has 3 rings (SSSR count). The van der Waals surface area contributed by atoms with Crippen LogP contribution in [0.5, 0.6) is 0 Å². The van der Waals surface area contributed by atoms with Crippen LogP contribution >= 0.6 is 11.3 Å². The number of pyridine rings is 1. The molecule has 1 amide bonds. The van der Waals surface area contributed by atoms with Crippen LogP contribution in [0.2, 0.25) is 0 Å². The smallest absolute Gasteiger partial charge is 0.221 e. The summed E-state index contributed by atoms with van der Waals surface area (Å²) in [6, 6.07) is 2.03. The second-order valence-corrected chi connectivity index (χ2v) is 5.80. The second-order valence-electron chi connectivity index (χ2n) is 4.88. The van der Waals surface area contributed by atoms with Crippen molar-refractivity contribution in [2.24, 2.45) is 0 Å².